The fourth-order valence-electron chi connectivity index (χ4n) is 1.61. The lowest BCUT2D eigenvalue weighted by molar-refractivity contribution is 0.217. The highest BCUT2D eigenvalue weighted by atomic mass is 79.9. The van der Waals surface area contributed by atoms with Crippen LogP contribution in [0.15, 0.2) is 15.0 Å². The molecule has 0 radical (unpaired) electrons. The highest BCUT2D eigenvalue weighted by Gasteiger charge is 2.30. The number of rotatable bonds is 0. The summed E-state index contributed by atoms with van der Waals surface area (Å²) in [4.78, 5) is 7.99. The Bertz CT molecular complexity index is 421. The molecule has 0 aliphatic carbocycles. The average Bonchev–Trinajstić information content (AvgIpc) is 2.41. The molecule has 1 fully saturated rings. The topological polar surface area (TPSA) is 53.0 Å². The van der Waals surface area contributed by atoms with E-state index >= 15 is 0 Å². The molecule has 2 heterocycles. The van der Waals surface area contributed by atoms with Crippen molar-refractivity contribution < 1.29 is 8.42 Å². The molecule has 0 bridgehead atoms. The van der Waals surface area contributed by atoms with Gasteiger partial charge in [0.1, 0.15) is 4.61 Å². The molecule has 1 saturated heterocycles. The Morgan fingerprint density at radius 3 is 2.40 bits per heavy atom. The second-order valence-electron chi connectivity index (χ2n) is 3.67. The molecule has 2 rings (SSSR count). The van der Waals surface area contributed by atoms with Gasteiger partial charge < -0.3 is 9.80 Å². The van der Waals surface area contributed by atoms with Crippen molar-refractivity contribution in [3.63, 3.8) is 0 Å². The molecule has 0 aromatic heterocycles. The fourth-order valence-corrected chi connectivity index (χ4v) is 3.82. The Morgan fingerprint density at radius 1 is 1.33 bits per heavy atom. The summed E-state index contributed by atoms with van der Waals surface area (Å²) >= 11 is 3.09. The maximum atomic E-state index is 11.7. The van der Waals surface area contributed by atoms with Gasteiger partial charge in [-0.15, -0.1) is 0 Å². The molecule has 0 atom stereocenters. The molecule has 0 N–H and O–H groups in total. The minimum absolute atomic E-state index is 0.183. The summed E-state index contributed by atoms with van der Waals surface area (Å²) in [5.74, 6) is 0. The third-order valence-electron chi connectivity index (χ3n) is 2.48. The van der Waals surface area contributed by atoms with E-state index in [1.165, 1.54) is 0 Å². The Hall–Kier alpha value is -0.400. The number of hydrogen-bond donors (Lipinski definition) is 0. The van der Waals surface area contributed by atoms with E-state index in [4.69, 9.17) is 0 Å². The standard InChI is InChI=1S/C8H12BrN3O2S/c1-11-2-4-12(5-3-11)8-10-7(9)6-15(8,13)14/h6H,2-5H2,1H3. The van der Waals surface area contributed by atoms with Gasteiger partial charge in [-0.05, 0) is 23.0 Å². The summed E-state index contributed by atoms with van der Waals surface area (Å²) in [6, 6.07) is 0. The van der Waals surface area contributed by atoms with Gasteiger partial charge >= 0.3 is 0 Å². The number of nitrogens with zero attached hydrogens (tertiary/aromatic N) is 3. The lowest BCUT2D eigenvalue weighted by Gasteiger charge is -2.32. The van der Waals surface area contributed by atoms with E-state index in [1.807, 2.05) is 11.9 Å². The van der Waals surface area contributed by atoms with Crippen LogP contribution in [0.3, 0.4) is 0 Å². The molecular formula is C8H12BrN3O2S. The molecule has 0 spiro atoms. The van der Waals surface area contributed by atoms with Crippen LogP contribution in [0.1, 0.15) is 0 Å². The summed E-state index contributed by atoms with van der Waals surface area (Å²) in [5, 5.41) is 1.34. The van der Waals surface area contributed by atoms with Crippen molar-refractivity contribution >= 4 is 30.9 Å². The van der Waals surface area contributed by atoms with Crippen LogP contribution < -0.4 is 0 Å². The molecule has 15 heavy (non-hydrogen) atoms. The largest absolute Gasteiger partial charge is 0.344 e. The molecule has 2 aliphatic heterocycles. The zero-order chi connectivity index (χ0) is 11.1. The third-order valence-corrected chi connectivity index (χ3v) is 4.58. The number of piperazine rings is 1. The minimum atomic E-state index is -3.30. The maximum absolute atomic E-state index is 11.7. The summed E-state index contributed by atoms with van der Waals surface area (Å²) < 4.78 is 23.7. The highest BCUT2D eigenvalue weighted by Crippen LogP contribution is 2.22. The predicted molar refractivity (Wildman–Crippen MR) is 62.4 cm³/mol. The number of amidine groups is 1. The quantitative estimate of drug-likeness (QED) is 0.599. The van der Waals surface area contributed by atoms with Gasteiger partial charge in [0.05, 0.1) is 5.41 Å². The first-order chi connectivity index (χ1) is 6.99. The van der Waals surface area contributed by atoms with E-state index in [-0.39, 0.29) is 5.17 Å². The fraction of sp³-hybridized carbons (Fsp3) is 0.625. The molecule has 0 aromatic rings. The van der Waals surface area contributed by atoms with Crippen molar-refractivity contribution in [1.29, 1.82) is 0 Å². The number of aliphatic imine (C=N–C) groups is 1. The highest BCUT2D eigenvalue weighted by molar-refractivity contribution is 9.11. The van der Waals surface area contributed by atoms with E-state index in [2.05, 4.69) is 25.8 Å². The summed E-state index contributed by atoms with van der Waals surface area (Å²) in [7, 11) is -1.28. The Labute approximate surface area is 97.5 Å². The smallest absolute Gasteiger partial charge is 0.235 e. The Kier molecular flexibility index (Phi) is 2.87. The predicted octanol–water partition coefficient (Wildman–Crippen LogP) is 0.212. The average molecular weight is 294 g/mol. The van der Waals surface area contributed by atoms with Crippen molar-refractivity contribution in [3.05, 3.63) is 10.0 Å². The monoisotopic (exact) mass is 293 g/mol. The number of hydrogen-bond acceptors (Lipinski definition) is 5. The molecular weight excluding hydrogens is 282 g/mol. The number of halogens is 1. The van der Waals surface area contributed by atoms with Crippen LogP contribution in [0.2, 0.25) is 0 Å². The van der Waals surface area contributed by atoms with E-state index in [0.717, 1.165) is 18.5 Å². The van der Waals surface area contributed by atoms with Crippen LogP contribution in [0.5, 0.6) is 0 Å². The van der Waals surface area contributed by atoms with Gasteiger partial charge in [0, 0.05) is 26.2 Å². The summed E-state index contributed by atoms with van der Waals surface area (Å²) in [6.07, 6.45) is 0. The van der Waals surface area contributed by atoms with Crippen LogP contribution in [-0.4, -0.2) is 56.6 Å². The Morgan fingerprint density at radius 2 is 1.93 bits per heavy atom. The normalized spacial score (nSPS) is 26.4. The number of sulfone groups is 1. The molecule has 0 aromatic carbocycles. The Balaban J connectivity index is 2.17. The summed E-state index contributed by atoms with van der Waals surface area (Å²) in [5.41, 5.74) is 0. The molecule has 7 heteroatoms. The maximum Gasteiger partial charge on any atom is 0.235 e. The third kappa shape index (κ3) is 2.24. The lowest BCUT2D eigenvalue weighted by atomic mass is 10.3. The van der Waals surface area contributed by atoms with Crippen LogP contribution >= 0.6 is 15.9 Å². The van der Waals surface area contributed by atoms with Crippen molar-refractivity contribution in [2.24, 2.45) is 4.99 Å². The first kappa shape index (κ1) is 11.1. The van der Waals surface area contributed by atoms with Gasteiger partial charge in [0.15, 0.2) is 0 Å². The van der Waals surface area contributed by atoms with E-state index in [0.29, 0.717) is 17.7 Å². The first-order valence-corrected chi connectivity index (χ1v) is 6.97. The van der Waals surface area contributed by atoms with Gasteiger partial charge in [0.25, 0.3) is 0 Å². The minimum Gasteiger partial charge on any atom is -0.344 e. The van der Waals surface area contributed by atoms with Crippen LogP contribution in [0.25, 0.3) is 0 Å². The van der Waals surface area contributed by atoms with E-state index < -0.39 is 9.84 Å². The molecule has 0 unspecified atom stereocenters. The SMILES string of the molecule is CN1CCN(C2=NC(Br)=CS2(=O)=O)CC1. The van der Waals surface area contributed by atoms with Crippen molar-refractivity contribution in [2.75, 3.05) is 33.2 Å². The lowest BCUT2D eigenvalue weighted by Crippen LogP contribution is -2.48. The molecule has 0 amide bonds. The van der Waals surface area contributed by atoms with E-state index in [1.54, 1.807) is 0 Å². The molecule has 2 aliphatic rings. The van der Waals surface area contributed by atoms with Gasteiger partial charge in [-0.3, -0.25) is 0 Å². The number of likely N-dealkylation sites (N-methyl/N-ethyl adjacent to an activating group) is 1. The first-order valence-electron chi connectivity index (χ1n) is 4.63. The van der Waals surface area contributed by atoms with Crippen LogP contribution in [0, 0.1) is 0 Å². The zero-order valence-electron chi connectivity index (χ0n) is 8.35. The van der Waals surface area contributed by atoms with Gasteiger partial charge in [0.2, 0.25) is 15.0 Å². The van der Waals surface area contributed by atoms with Crippen LogP contribution in [-0.2, 0) is 9.84 Å². The zero-order valence-corrected chi connectivity index (χ0v) is 10.8. The summed E-state index contributed by atoms with van der Waals surface area (Å²) in [6.45, 7) is 3.16. The van der Waals surface area contributed by atoms with Gasteiger partial charge in [-0.2, -0.15) is 0 Å². The van der Waals surface area contributed by atoms with E-state index in [9.17, 15) is 8.42 Å². The van der Waals surface area contributed by atoms with Gasteiger partial charge in [-0.1, -0.05) is 0 Å². The van der Waals surface area contributed by atoms with Crippen molar-refractivity contribution in [2.45, 2.75) is 0 Å². The molecule has 84 valence electrons. The van der Waals surface area contributed by atoms with Crippen LogP contribution in [0.4, 0.5) is 0 Å². The van der Waals surface area contributed by atoms with Gasteiger partial charge in [-0.25, -0.2) is 13.4 Å². The molecule has 0 saturated carbocycles. The van der Waals surface area contributed by atoms with Crippen molar-refractivity contribution in [1.82, 2.24) is 9.80 Å². The molecule has 5 nitrogen and oxygen atoms in total. The second-order valence-corrected chi connectivity index (χ2v) is 6.17. The second kappa shape index (κ2) is 3.88. The van der Waals surface area contributed by atoms with Crippen molar-refractivity contribution in [3.8, 4) is 0 Å².